The summed E-state index contributed by atoms with van der Waals surface area (Å²) < 4.78 is 4.90. The van der Waals surface area contributed by atoms with E-state index in [1.54, 1.807) is 14.0 Å². The Kier molecular flexibility index (Phi) is 3.84. The average molecular weight is 286 g/mol. The number of methoxy groups -OCH3 is 1. The van der Waals surface area contributed by atoms with Gasteiger partial charge in [-0.05, 0) is 6.92 Å². The Morgan fingerprint density at radius 3 is 2.83 bits per heavy atom. The van der Waals surface area contributed by atoms with Gasteiger partial charge in [0.25, 0.3) is 5.91 Å². The highest BCUT2D eigenvalue weighted by Crippen LogP contribution is 2.18. The number of aryl methyl sites for hydroxylation is 1. The molecule has 0 aliphatic rings. The average Bonchev–Trinajstić information content (AvgIpc) is 2.86. The second-order valence-corrected chi connectivity index (χ2v) is 5.40. The number of anilines is 1. The van der Waals surface area contributed by atoms with Gasteiger partial charge in [0.1, 0.15) is 16.5 Å². The lowest BCUT2D eigenvalue weighted by Crippen LogP contribution is -2.11. The second-order valence-electron chi connectivity index (χ2n) is 3.36. The van der Waals surface area contributed by atoms with Crippen LogP contribution in [-0.2, 0) is 11.3 Å². The van der Waals surface area contributed by atoms with Crippen LogP contribution in [0.4, 0.5) is 5.13 Å². The van der Waals surface area contributed by atoms with Crippen molar-refractivity contribution in [2.24, 2.45) is 0 Å². The molecule has 0 saturated carbocycles. The number of ether oxygens (including phenoxy) is 1. The smallest absolute Gasteiger partial charge is 0.305 e. The van der Waals surface area contributed by atoms with Crippen LogP contribution >= 0.6 is 22.7 Å². The van der Waals surface area contributed by atoms with Crippen LogP contribution in [0.1, 0.15) is 20.4 Å². The minimum absolute atomic E-state index is 0.255. The molecule has 0 spiro atoms. The molecule has 2 heterocycles. The number of rotatable bonds is 4. The van der Waals surface area contributed by atoms with Crippen LogP contribution in [0.15, 0.2) is 4.79 Å². The highest BCUT2D eigenvalue weighted by molar-refractivity contribution is 7.15. The topological polar surface area (TPSA) is 97.0 Å². The quantitative estimate of drug-likeness (QED) is 0.873. The zero-order chi connectivity index (χ0) is 13.1. The first-order chi connectivity index (χ1) is 8.60. The number of nitrogens with zero attached hydrogens (tertiary/aromatic N) is 2. The van der Waals surface area contributed by atoms with Crippen LogP contribution in [0.2, 0.25) is 0 Å². The van der Waals surface area contributed by atoms with E-state index in [1.807, 2.05) is 0 Å². The van der Waals surface area contributed by atoms with Gasteiger partial charge in [-0.1, -0.05) is 22.7 Å². The monoisotopic (exact) mass is 286 g/mol. The first-order valence-electron chi connectivity index (χ1n) is 4.92. The van der Waals surface area contributed by atoms with Gasteiger partial charge >= 0.3 is 4.87 Å². The van der Waals surface area contributed by atoms with Crippen LogP contribution in [0.3, 0.4) is 0 Å². The molecule has 2 aromatic heterocycles. The molecular weight excluding hydrogens is 276 g/mol. The maximum Gasteiger partial charge on any atom is 0.305 e. The largest absolute Gasteiger partial charge is 0.377 e. The first kappa shape index (κ1) is 12.9. The predicted octanol–water partition coefficient (Wildman–Crippen LogP) is 0.995. The van der Waals surface area contributed by atoms with E-state index in [0.717, 1.165) is 11.3 Å². The molecule has 18 heavy (non-hydrogen) atoms. The van der Waals surface area contributed by atoms with Crippen LogP contribution in [0.5, 0.6) is 0 Å². The van der Waals surface area contributed by atoms with Gasteiger partial charge in [-0.3, -0.25) is 14.9 Å². The Bertz CT molecular complexity index is 615. The zero-order valence-electron chi connectivity index (χ0n) is 9.64. The molecule has 2 rings (SSSR count). The van der Waals surface area contributed by atoms with Gasteiger partial charge < -0.3 is 9.72 Å². The van der Waals surface area contributed by atoms with Crippen molar-refractivity contribution in [2.75, 3.05) is 12.4 Å². The fourth-order valence-corrected chi connectivity index (χ4v) is 2.71. The molecule has 7 nitrogen and oxygen atoms in total. The lowest BCUT2D eigenvalue weighted by atomic mass is 10.4. The number of nitrogens with one attached hydrogen (secondary N) is 2. The van der Waals surface area contributed by atoms with Crippen molar-refractivity contribution in [3.05, 3.63) is 25.2 Å². The summed E-state index contributed by atoms with van der Waals surface area (Å²) in [5.74, 6) is -0.365. The van der Waals surface area contributed by atoms with E-state index in [2.05, 4.69) is 20.5 Å². The van der Waals surface area contributed by atoms with Gasteiger partial charge in [-0.2, -0.15) is 0 Å². The molecule has 9 heteroatoms. The van der Waals surface area contributed by atoms with Crippen molar-refractivity contribution in [1.82, 2.24) is 15.2 Å². The summed E-state index contributed by atoms with van der Waals surface area (Å²) in [5.41, 5.74) is 0.545. The normalized spacial score (nSPS) is 10.6. The van der Waals surface area contributed by atoms with Crippen molar-refractivity contribution in [2.45, 2.75) is 13.5 Å². The number of hydrogen-bond donors (Lipinski definition) is 2. The van der Waals surface area contributed by atoms with Gasteiger partial charge in [0.2, 0.25) is 5.13 Å². The summed E-state index contributed by atoms with van der Waals surface area (Å²) in [6.45, 7) is 2.02. The molecule has 1 amide bonds. The number of carbonyl (C=O) groups is 1. The molecule has 0 aromatic carbocycles. The molecule has 0 aliphatic carbocycles. The van der Waals surface area contributed by atoms with E-state index in [9.17, 15) is 9.59 Å². The fourth-order valence-electron chi connectivity index (χ4n) is 1.26. The third kappa shape index (κ3) is 2.81. The molecule has 0 radical (unpaired) electrons. The third-order valence-corrected chi connectivity index (χ3v) is 3.78. The lowest BCUT2D eigenvalue weighted by molar-refractivity contribution is 0.102. The Balaban J connectivity index is 2.11. The van der Waals surface area contributed by atoms with Crippen LogP contribution in [0, 0.1) is 6.92 Å². The van der Waals surface area contributed by atoms with Crippen molar-refractivity contribution in [1.29, 1.82) is 0 Å². The van der Waals surface area contributed by atoms with Crippen molar-refractivity contribution in [3.8, 4) is 0 Å². The molecule has 0 bridgehead atoms. The van der Waals surface area contributed by atoms with E-state index >= 15 is 0 Å². The third-order valence-electron chi connectivity index (χ3n) is 1.99. The first-order valence-corrected chi connectivity index (χ1v) is 6.56. The summed E-state index contributed by atoms with van der Waals surface area (Å²) in [6, 6.07) is 0. The fraction of sp³-hybridized carbons (Fsp3) is 0.333. The number of amides is 1. The van der Waals surface area contributed by atoms with Gasteiger partial charge in [0, 0.05) is 12.8 Å². The summed E-state index contributed by atoms with van der Waals surface area (Å²) >= 11 is 2.10. The van der Waals surface area contributed by atoms with Gasteiger partial charge in [0.05, 0.1) is 0 Å². The number of H-pyrrole nitrogens is 1. The van der Waals surface area contributed by atoms with Gasteiger partial charge in [-0.15, -0.1) is 10.2 Å². The maximum atomic E-state index is 11.9. The Morgan fingerprint density at radius 1 is 1.44 bits per heavy atom. The minimum atomic E-state index is -0.365. The van der Waals surface area contributed by atoms with E-state index in [-0.39, 0.29) is 10.8 Å². The predicted molar refractivity (Wildman–Crippen MR) is 68.3 cm³/mol. The van der Waals surface area contributed by atoms with E-state index < -0.39 is 0 Å². The number of carbonyl (C=O) groups excluding carboxylic acids is 1. The van der Waals surface area contributed by atoms with Crippen molar-refractivity contribution in [3.63, 3.8) is 0 Å². The Morgan fingerprint density at radius 2 is 2.22 bits per heavy atom. The van der Waals surface area contributed by atoms with Gasteiger partial charge in [-0.25, -0.2) is 0 Å². The lowest BCUT2D eigenvalue weighted by Gasteiger charge is -1.97. The molecular formula is C9H10N4O3S2. The highest BCUT2D eigenvalue weighted by atomic mass is 32.1. The molecule has 0 aliphatic heterocycles. The van der Waals surface area contributed by atoms with Crippen molar-refractivity contribution < 1.29 is 9.53 Å². The molecule has 0 unspecified atom stereocenters. The standard InChI is InChI=1S/C9H10N4O3S2/c1-4-6(18-9(15)10-4)7(14)11-8-13-12-5(17-8)3-16-2/h3H2,1-2H3,(H,10,15)(H,11,13,14). The maximum absolute atomic E-state index is 11.9. The van der Waals surface area contributed by atoms with Crippen LogP contribution < -0.4 is 10.2 Å². The number of aromatic nitrogens is 3. The summed E-state index contributed by atoms with van der Waals surface area (Å²) in [4.78, 5) is 25.6. The Hall–Kier alpha value is -1.58. The van der Waals surface area contributed by atoms with E-state index in [1.165, 1.54) is 11.3 Å². The molecule has 0 saturated heterocycles. The zero-order valence-corrected chi connectivity index (χ0v) is 11.3. The van der Waals surface area contributed by atoms with Crippen LogP contribution in [0.25, 0.3) is 0 Å². The van der Waals surface area contributed by atoms with Crippen LogP contribution in [-0.4, -0.2) is 28.2 Å². The second kappa shape index (κ2) is 5.38. The van der Waals surface area contributed by atoms with E-state index in [4.69, 9.17) is 4.74 Å². The van der Waals surface area contributed by atoms with Crippen molar-refractivity contribution >= 4 is 33.7 Å². The molecule has 0 atom stereocenters. The molecule has 0 fully saturated rings. The van der Waals surface area contributed by atoms with Gasteiger partial charge in [0.15, 0.2) is 0 Å². The number of hydrogen-bond acceptors (Lipinski definition) is 7. The SMILES string of the molecule is COCc1nnc(NC(=O)c2sc(=O)[nH]c2C)s1. The van der Waals surface area contributed by atoms with E-state index in [0.29, 0.717) is 27.3 Å². The molecule has 2 N–H and O–H groups in total. The molecule has 96 valence electrons. The minimum Gasteiger partial charge on any atom is -0.377 e. The molecule has 2 aromatic rings. The summed E-state index contributed by atoms with van der Waals surface area (Å²) in [6.07, 6.45) is 0. The Labute approximate surface area is 110 Å². The highest BCUT2D eigenvalue weighted by Gasteiger charge is 2.15. The summed E-state index contributed by atoms with van der Waals surface area (Å²) in [5, 5.41) is 11.3. The number of aromatic amines is 1. The summed E-state index contributed by atoms with van der Waals surface area (Å²) in [7, 11) is 1.56. The number of thiazole rings is 1.